The first-order chi connectivity index (χ1) is 9.15. The van der Waals surface area contributed by atoms with Crippen LogP contribution in [0.15, 0.2) is 31.0 Å². The minimum Gasteiger partial charge on any atom is -0.477 e. The van der Waals surface area contributed by atoms with Gasteiger partial charge in [0.2, 0.25) is 5.91 Å². The molecule has 0 spiro atoms. The second kappa shape index (κ2) is 5.71. The molecule has 0 saturated carbocycles. The number of nitrogens with zero attached hydrogens (tertiary/aromatic N) is 4. The molecule has 98 valence electrons. The van der Waals surface area contributed by atoms with E-state index in [1.807, 2.05) is 0 Å². The molecule has 2 aromatic heterocycles. The van der Waals surface area contributed by atoms with E-state index >= 15 is 0 Å². The number of hydrogen-bond donors (Lipinski definition) is 2. The average molecular weight is 261 g/mol. The fourth-order valence-electron chi connectivity index (χ4n) is 1.37. The number of amides is 1. The Balaban J connectivity index is 1.84. The monoisotopic (exact) mass is 261 g/mol. The fraction of sp³-hybridized carbons (Fsp3) is 0.182. The molecule has 0 fully saturated rings. The van der Waals surface area contributed by atoms with Gasteiger partial charge in [0.15, 0.2) is 0 Å². The highest BCUT2D eigenvalue weighted by Crippen LogP contribution is 2.00. The molecule has 0 aliphatic heterocycles. The van der Waals surface area contributed by atoms with Crippen LogP contribution in [0.25, 0.3) is 0 Å². The van der Waals surface area contributed by atoms with Crippen LogP contribution in [-0.2, 0) is 17.9 Å². The van der Waals surface area contributed by atoms with Crippen LogP contribution in [0.5, 0.6) is 0 Å². The van der Waals surface area contributed by atoms with Crippen LogP contribution in [0.4, 0.5) is 0 Å². The van der Waals surface area contributed by atoms with E-state index in [0.717, 1.165) is 5.56 Å². The Labute approximate surface area is 108 Å². The zero-order chi connectivity index (χ0) is 13.7. The third-order valence-electron chi connectivity index (χ3n) is 2.31. The van der Waals surface area contributed by atoms with Crippen molar-refractivity contribution < 1.29 is 14.7 Å². The van der Waals surface area contributed by atoms with E-state index in [9.17, 15) is 9.59 Å². The molecule has 0 radical (unpaired) electrons. The summed E-state index contributed by atoms with van der Waals surface area (Å²) in [6.45, 7) is 0.362. The predicted molar refractivity (Wildman–Crippen MR) is 63.1 cm³/mol. The van der Waals surface area contributed by atoms with Gasteiger partial charge in [0.1, 0.15) is 24.9 Å². The Kier molecular flexibility index (Phi) is 3.81. The molecule has 0 unspecified atom stereocenters. The topological polar surface area (TPSA) is 110 Å². The Morgan fingerprint density at radius 3 is 2.79 bits per heavy atom. The normalized spacial score (nSPS) is 10.1. The highest BCUT2D eigenvalue weighted by molar-refractivity contribution is 5.85. The molecule has 1 amide bonds. The highest BCUT2D eigenvalue weighted by Gasteiger charge is 2.05. The first kappa shape index (κ1) is 12.7. The number of carbonyl (C=O) groups is 2. The van der Waals surface area contributed by atoms with Gasteiger partial charge in [0, 0.05) is 12.7 Å². The van der Waals surface area contributed by atoms with Gasteiger partial charge < -0.3 is 10.4 Å². The van der Waals surface area contributed by atoms with E-state index in [4.69, 9.17) is 5.11 Å². The van der Waals surface area contributed by atoms with Crippen molar-refractivity contribution in [2.75, 3.05) is 0 Å². The Bertz CT molecular complexity index is 565. The zero-order valence-electron chi connectivity index (χ0n) is 9.85. The molecule has 2 rings (SSSR count). The maximum Gasteiger partial charge on any atom is 0.354 e. The summed E-state index contributed by atoms with van der Waals surface area (Å²) < 4.78 is 1.40. The largest absolute Gasteiger partial charge is 0.477 e. The van der Waals surface area contributed by atoms with Crippen LogP contribution in [0.2, 0.25) is 0 Å². The van der Waals surface area contributed by atoms with Crippen LogP contribution in [-0.4, -0.2) is 36.7 Å². The van der Waals surface area contributed by atoms with Crippen molar-refractivity contribution in [3.8, 4) is 0 Å². The molecule has 19 heavy (non-hydrogen) atoms. The number of rotatable bonds is 5. The lowest BCUT2D eigenvalue weighted by Crippen LogP contribution is -2.27. The summed E-state index contributed by atoms with van der Waals surface area (Å²) in [6, 6.07) is 2.99. The van der Waals surface area contributed by atoms with Gasteiger partial charge in [-0.15, -0.1) is 0 Å². The number of carbonyl (C=O) groups excluding carboxylic acids is 1. The van der Waals surface area contributed by atoms with Crippen LogP contribution < -0.4 is 5.32 Å². The molecule has 0 aliphatic carbocycles. The standard InChI is InChI=1S/C11H11N5O3/c17-10(5-16-7-12-6-15-16)14-4-8-1-2-9(11(18)19)13-3-8/h1-3,6-7H,4-5H2,(H,14,17)(H,18,19). The van der Waals surface area contributed by atoms with Crippen LogP contribution in [0, 0.1) is 0 Å². The number of carboxylic acid groups (broad SMARTS) is 1. The molecule has 0 saturated heterocycles. The molecular weight excluding hydrogens is 250 g/mol. The van der Waals surface area contributed by atoms with Gasteiger partial charge in [0.05, 0.1) is 0 Å². The third-order valence-corrected chi connectivity index (χ3v) is 2.31. The number of nitrogens with one attached hydrogen (secondary N) is 1. The van der Waals surface area contributed by atoms with E-state index in [2.05, 4.69) is 20.4 Å². The van der Waals surface area contributed by atoms with Gasteiger partial charge in [0.25, 0.3) is 0 Å². The lowest BCUT2D eigenvalue weighted by molar-refractivity contribution is -0.122. The van der Waals surface area contributed by atoms with Crippen molar-refractivity contribution >= 4 is 11.9 Å². The molecule has 0 aliphatic rings. The van der Waals surface area contributed by atoms with Crippen molar-refractivity contribution in [3.63, 3.8) is 0 Å². The molecule has 2 N–H and O–H groups in total. The second-order valence-corrected chi connectivity index (χ2v) is 3.73. The first-order valence-corrected chi connectivity index (χ1v) is 5.42. The predicted octanol–water partition coefficient (Wildman–Crippen LogP) is -0.312. The lowest BCUT2D eigenvalue weighted by Gasteiger charge is -2.05. The summed E-state index contributed by atoms with van der Waals surface area (Å²) in [5, 5.41) is 15.2. The average Bonchev–Trinajstić information content (AvgIpc) is 2.89. The third kappa shape index (κ3) is 3.60. The Hall–Kier alpha value is -2.77. The van der Waals surface area contributed by atoms with E-state index in [1.165, 1.54) is 29.6 Å². The lowest BCUT2D eigenvalue weighted by atomic mass is 10.2. The summed E-state index contributed by atoms with van der Waals surface area (Å²) in [7, 11) is 0. The maximum absolute atomic E-state index is 11.5. The number of pyridine rings is 1. The maximum atomic E-state index is 11.5. The molecule has 8 nitrogen and oxygen atoms in total. The van der Waals surface area contributed by atoms with Gasteiger partial charge in [-0.3, -0.25) is 4.79 Å². The Morgan fingerprint density at radius 1 is 1.37 bits per heavy atom. The van der Waals surface area contributed by atoms with Gasteiger partial charge >= 0.3 is 5.97 Å². The van der Waals surface area contributed by atoms with Crippen molar-refractivity contribution in [2.45, 2.75) is 13.1 Å². The van der Waals surface area contributed by atoms with Crippen molar-refractivity contribution in [2.24, 2.45) is 0 Å². The molecule has 2 aromatic rings. The minimum atomic E-state index is -1.08. The summed E-state index contributed by atoms with van der Waals surface area (Å²) in [5.41, 5.74) is 0.689. The number of carboxylic acids is 1. The number of aromatic nitrogens is 4. The van der Waals surface area contributed by atoms with Crippen LogP contribution in [0.1, 0.15) is 16.1 Å². The summed E-state index contributed by atoms with van der Waals surface area (Å²) in [5.74, 6) is -1.30. The SMILES string of the molecule is O=C(Cn1cncn1)NCc1ccc(C(=O)O)nc1. The van der Waals surface area contributed by atoms with Crippen LogP contribution >= 0.6 is 0 Å². The summed E-state index contributed by atoms with van der Waals surface area (Å²) in [4.78, 5) is 29.6. The molecule has 0 aromatic carbocycles. The van der Waals surface area contributed by atoms with E-state index < -0.39 is 5.97 Å². The van der Waals surface area contributed by atoms with E-state index in [-0.39, 0.29) is 24.7 Å². The second-order valence-electron chi connectivity index (χ2n) is 3.73. The van der Waals surface area contributed by atoms with E-state index in [1.54, 1.807) is 6.07 Å². The van der Waals surface area contributed by atoms with Gasteiger partial charge in [-0.05, 0) is 11.6 Å². The fourth-order valence-corrected chi connectivity index (χ4v) is 1.37. The van der Waals surface area contributed by atoms with Gasteiger partial charge in [-0.1, -0.05) is 6.07 Å². The van der Waals surface area contributed by atoms with Crippen molar-refractivity contribution in [1.29, 1.82) is 0 Å². The smallest absolute Gasteiger partial charge is 0.354 e. The Morgan fingerprint density at radius 2 is 2.21 bits per heavy atom. The minimum absolute atomic E-state index is 0.0299. The van der Waals surface area contributed by atoms with Gasteiger partial charge in [-0.2, -0.15) is 5.10 Å². The van der Waals surface area contributed by atoms with Crippen molar-refractivity contribution in [1.82, 2.24) is 25.1 Å². The zero-order valence-corrected chi connectivity index (χ0v) is 9.85. The number of aromatic carboxylic acids is 1. The summed E-state index contributed by atoms with van der Waals surface area (Å²) in [6.07, 6.45) is 4.21. The molecule has 2 heterocycles. The number of hydrogen-bond acceptors (Lipinski definition) is 5. The molecular formula is C11H11N5O3. The highest BCUT2D eigenvalue weighted by atomic mass is 16.4. The molecule has 0 bridgehead atoms. The van der Waals surface area contributed by atoms with Crippen LogP contribution in [0.3, 0.4) is 0 Å². The molecule has 8 heteroatoms. The van der Waals surface area contributed by atoms with Crippen molar-refractivity contribution in [3.05, 3.63) is 42.2 Å². The van der Waals surface area contributed by atoms with E-state index in [0.29, 0.717) is 0 Å². The first-order valence-electron chi connectivity index (χ1n) is 5.42. The molecule has 0 atom stereocenters. The summed E-state index contributed by atoms with van der Waals surface area (Å²) >= 11 is 0. The quantitative estimate of drug-likeness (QED) is 0.763. The van der Waals surface area contributed by atoms with Gasteiger partial charge in [-0.25, -0.2) is 19.4 Å².